The summed E-state index contributed by atoms with van der Waals surface area (Å²) in [6, 6.07) is 6.13. The van der Waals surface area contributed by atoms with Crippen LogP contribution in [-0.4, -0.2) is 37.4 Å². The lowest BCUT2D eigenvalue weighted by Gasteiger charge is -2.30. The second-order valence-corrected chi connectivity index (χ2v) is 10.4. The largest absolute Gasteiger partial charge is 0.271 e. The number of rotatable bonds is 5. The maximum Gasteiger partial charge on any atom is 0.271 e. The van der Waals surface area contributed by atoms with E-state index in [-0.39, 0.29) is 10.8 Å². The van der Waals surface area contributed by atoms with E-state index in [4.69, 9.17) is 0 Å². The summed E-state index contributed by atoms with van der Waals surface area (Å²) in [5, 5.41) is 4.44. The van der Waals surface area contributed by atoms with Gasteiger partial charge in [0.15, 0.2) is 0 Å². The molecule has 0 aromatic heterocycles. The molecule has 0 radical (unpaired) electrons. The Bertz CT molecular complexity index is 825. The van der Waals surface area contributed by atoms with Crippen LogP contribution >= 0.6 is 0 Å². The lowest BCUT2D eigenvalue weighted by atomic mass is 9.76. The number of sulfonamides is 1. The summed E-state index contributed by atoms with van der Waals surface area (Å²) in [7, 11) is -3.46. The average molecular weight is 406 g/mol. The number of hydrogen-bond donors (Lipinski definition) is 1. The molecule has 154 valence electrons. The second kappa shape index (κ2) is 8.74. The van der Waals surface area contributed by atoms with Gasteiger partial charge >= 0.3 is 0 Å². The highest BCUT2D eigenvalue weighted by atomic mass is 32.2. The van der Waals surface area contributed by atoms with Gasteiger partial charge < -0.3 is 0 Å². The molecule has 2 aliphatic rings. The molecular formula is C21H31N3O3S. The minimum Gasteiger partial charge on any atom is -0.267 e. The van der Waals surface area contributed by atoms with Crippen LogP contribution in [-0.2, 0) is 10.0 Å². The van der Waals surface area contributed by atoms with Crippen LogP contribution in [0, 0.1) is 17.8 Å². The van der Waals surface area contributed by atoms with Crippen LogP contribution in [0.25, 0.3) is 0 Å². The molecule has 2 fully saturated rings. The van der Waals surface area contributed by atoms with Crippen LogP contribution in [0.15, 0.2) is 34.3 Å². The Morgan fingerprint density at radius 3 is 2.39 bits per heavy atom. The van der Waals surface area contributed by atoms with E-state index in [1.807, 2.05) is 0 Å². The fourth-order valence-corrected chi connectivity index (χ4v) is 5.65. The number of amides is 1. The first-order chi connectivity index (χ1) is 13.3. The van der Waals surface area contributed by atoms with E-state index < -0.39 is 10.0 Å². The number of nitrogens with one attached hydrogen (secondary N) is 1. The van der Waals surface area contributed by atoms with Crippen molar-refractivity contribution in [2.24, 2.45) is 22.9 Å². The Hall–Kier alpha value is -1.73. The van der Waals surface area contributed by atoms with Gasteiger partial charge in [0.1, 0.15) is 0 Å². The van der Waals surface area contributed by atoms with Crippen molar-refractivity contribution in [3.63, 3.8) is 0 Å². The summed E-state index contributed by atoms with van der Waals surface area (Å²) in [6.07, 6.45) is 5.02. The minimum atomic E-state index is -3.46. The van der Waals surface area contributed by atoms with Crippen molar-refractivity contribution >= 4 is 21.6 Å². The van der Waals surface area contributed by atoms with Crippen molar-refractivity contribution in [2.45, 2.75) is 57.8 Å². The summed E-state index contributed by atoms with van der Waals surface area (Å²) in [4.78, 5) is 12.7. The molecule has 0 bridgehead atoms. The minimum absolute atomic E-state index is 0.234. The van der Waals surface area contributed by atoms with Gasteiger partial charge in [0.25, 0.3) is 5.91 Å². The van der Waals surface area contributed by atoms with Crippen LogP contribution in [0.1, 0.15) is 63.2 Å². The van der Waals surface area contributed by atoms with Crippen LogP contribution < -0.4 is 5.43 Å². The van der Waals surface area contributed by atoms with Gasteiger partial charge in [-0.15, -0.1) is 0 Å². The monoisotopic (exact) mass is 405 g/mol. The number of carbonyl (C=O) groups excluding carboxylic acids is 1. The van der Waals surface area contributed by atoms with Crippen LogP contribution in [0.2, 0.25) is 0 Å². The lowest BCUT2D eigenvalue weighted by molar-refractivity contribution is 0.0954. The second-order valence-electron chi connectivity index (χ2n) is 8.42. The zero-order chi connectivity index (χ0) is 20.3. The van der Waals surface area contributed by atoms with Gasteiger partial charge in [0.2, 0.25) is 10.0 Å². The number of hydrogen-bond acceptors (Lipinski definition) is 4. The number of hydrazone groups is 1. The van der Waals surface area contributed by atoms with E-state index in [0.29, 0.717) is 36.4 Å². The topological polar surface area (TPSA) is 78.8 Å². The molecular weight excluding hydrogens is 374 g/mol. The van der Waals surface area contributed by atoms with E-state index in [0.717, 1.165) is 31.4 Å². The van der Waals surface area contributed by atoms with Gasteiger partial charge in [0, 0.05) is 30.3 Å². The first kappa shape index (κ1) is 21.0. The Morgan fingerprint density at radius 2 is 1.79 bits per heavy atom. The van der Waals surface area contributed by atoms with Gasteiger partial charge in [-0.2, -0.15) is 9.41 Å². The predicted octanol–water partition coefficient (Wildman–Crippen LogP) is 3.65. The van der Waals surface area contributed by atoms with Crippen LogP contribution in [0.3, 0.4) is 0 Å². The molecule has 1 aromatic carbocycles. The van der Waals surface area contributed by atoms with Crippen LogP contribution in [0.5, 0.6) is 0 Å². The van der Waals surface area contributed by atoms with Crippen LogP contribution in [0.4, 0.5) is 0 Å². The maximum absolute atomic E-state index is 12.6. The van der Waals surface area contributed by atoms with Crippen molar-refractivity contribution in [3.8, 4) is 0 Å². The molecule has 2 atom stereocenters. The molecule has 1 aliphatic carbocycles. The molecule has 6 nitrogen and oxygen atoms in total. The lowest BCUT2D eigenvalue weighted by Crippen LogP contribution is -2.31. The fraction of sp³-hybridized carbons (Fsp3) is 0.619. The third kappa shape index (κ3) is 4.63. The van der Waals surface area contributed by atoms with Crippen molar-refractivity contribution in [2.75, 3.05) is 13.1 Å². The van der Waals surface area contributed by atoms with E-state index in [1.165, 1.54) is 22.9 Å². The predicted molar refractivity (Wildman–Crippen MR) is 111 cm³/mol. The molecule has 1 saturated heterocycles. The molecule has 28 heavy (non-hydrogen) atoms. The zero-order valence-electron chi connectivity index (χ0n) is 17.0. The summed E-state index contributed by atoms with van der Waals surface area (Å²) < 4.78 is 26.7. The first-order valence-corrected chi connectivity index (χ1v) is 11.7. The summed E-state index contributed by atoms with van der Waals surface area (Å²) in [5.41, 5.74) is 4.15. The van der Waals surface area contributed by atoms with E-state index in [2.05, 4.69) is 31.3 Å². The third-order valence-corrected chi connectivity index (χ3v) is 7.79. The standard InChI is InChI=1S/C21H31N3O3S/c1-15(2)19-11-6-16(3)14-20(19)22-23-21(25)17-7-9-18(10-8-17)28(26,27)24-12-4-5-13-24/h7-10,15-16,19H,4-6,11-14H2,1-3H3,(H,23,25)/t16-,19+/m1/s1. The highest BCUT2D eigenvalue weighted by Crippen LogP contribution is 2.31. The Labute approximate surface area is 168 Å². The maximum atomic E-state index is 12.6. The van der Waals surface area contributed by atoms with E-state index >= 15 is 0 Å². The third-order valence-electron chi connectivity index (χ3n) is 5.88. The zero-order valence-corrected chi connectivity index (χ0v) is 17.8. The molecule has 0 spiro atoms. The molecule has 1 heterocycles. The van der Waals surface area contributed by atoms with Crippen molar-refractivity contribution < 1.29 is 13.2 Å². The average Bonchev–Trinajstić information content (AvgIpc) is 3.21. The summed E-state index contributed by atoms with van der Waals surface area (Å²) in [6.45, 7) is 7.73. The molecule has 1 aromatic rings. The molecule has 7 heteroatoms. The quantitative estimate of drug-likeness (QED) is 0.760. The molecule has 0 unspecified atom stereocenters. The molecule has 1 N–H and O–H groups in total. The Balaban J connectivity index is 1.69. The normalized spacial score (nSPS) is 25.4. The molecule has 1 amide bonds. The van der Waals surface area contributed by atoms with Gasteiger partial charge in [0.05, 0.1) is 4.90 Å². The number of carbonyl (C=O) groups is 1. The van der Waals surface area contributed by atoms with E-state index in [1.54, 1.807) is 12.1 Å². The van der Waals surface area contributed by atoms with Gasteiger partial charge in [-0.25, -0.2) is 13.8 Å². The van der Waals surface area contributed by atoms with Crippen molar-refractivity contribution in [1.82, 2.24) is 9.73 Å². The van der Waals surface area contributed by atoms with Crippen molar-refractivity contribution in [3.05, 3.63) is 29.8 Å². The van der Waals surface area contributed by atoms with Gasteiger partial charge in [-0.3, -0.25) is 4.79 Å². The smallest absolute Gasteiger partial charge is 0.267 e. The van der Waals surface area contributed by atoms with E-state index in [9.17, 15) is 13.2 Å². The highest BCUT2D eigenvalue weighted by molar-refractivity contribution is 7.89. The number of nitrogens with zero attached hydrogens (tertiary/aromatic N) is 2. The Morgan fingerprint density at radius 1 is 1.14 bits per heavy atom. The molecule has 1 saturated carbocycles. The van der Waals surface area contributed by atoms with Gasteiger partial charge in [-0.05, 0) is 68.2 Å². The summed E-state index contributed by atoms with van der Waals surface area (Å²) >= 11 is 0. The number of benzene rings is 1. The SMILES string of the molecule is CC(C)[C@@H]1CC[C@@H](C)CC1=NNC(=O)c1ccc(S(=O)(=O)N2CCCC2)cc1. The summed E-state index contributed by atoms with van der Waals surface area (Å²) in [5.74, 6) is 1.18. The Kier molecular flexibility index (Phi) is 6.55. The first-order valence-electron chi connectivity index (χ1n) is 10.3. The molecule has 1 aliphatic heterocycles. The van der Waals surface area contributed by atoms with Crippen molar-refractivity contribution in [1.29, 1.82) is 0 Å². The molecule has 3 rings (SSSR count). The fourth-order valence-electron chi connectivity index (χ4n) is 4.13. The van der Waals surface area contributed by atoms with Gasteiger partial charge in [-0.1, -0.05) is 20.8 Å². The highest BCUT2D eigenvalue weighted by Gasteiger charge is 2.28.